The number of methoxy groups -OCH3 is 2. The Hall–Kier alpha value is -4.71. The van der Waals surface area contributed by atoms with Gasteiger partial charge in [-0.15, -0.1) is 0 Å². The van der Waals surface area contributed by atoms with Crippen molar-refractivity contribution in [3.63, 3.8) is 0 Å². The molecular formula is C31H28O6. The molecule has 6 nitrogen and oxygen atoms in total. The highest BCUT2D eigenvalue weighted by Crippen LogP contribution is 2.37. The molecule has 188 valence electrons. The molecule has 0 atom stereocenters. The molecule has 0 unspecified atom stereocenters. The number of ketones is 1. The number of hydrogen-bond donors (Lipinski definition) is 1. The van der Waals surface area contributed by atoms with E-state index in [1.54, 1.807) is 36.4 Å². The molecule has 0 heterocycles. The number of hydrogen-bond acceptors (Lipinski definition) is 6. The summed E-state index contributed by atoms with van der Waals surface area (Å²) in [6.07, 6.45) is 3.08. The summed E-state index contributed by atoms with van der Waals surface area (Å²) in [5.41, 5.74) is 3.05. The number of benzene rings is 4. The molecule has 1 N–H and O–H groups in total. The zero-order chi connectivity index (χ0) is 26.0. The van der Waals surface area contributed by atoms with E-state index in [0.717, 1.165) is 11.1 Å². The van der Waals surface area contributed by atoms with Crippen LogP contribution in [0.5, 0.6) is 28.7 Å². The molecule has 0 aliphatic carbocycles. The number of carbonyl (C=O) groups is 1. The van der Waals surface area contributed by atoms with Crippen molar-refractivity contribution in [3.05, 3.63) is 119 Å². The molecule has 0 saturated carbocycles. The van der Waals surface area contributed by atoms with Gasteiger partial charge in [-0.25, -0.2) is 0 Å². The molecule has 4 rings (SSSR count). The first-order valence-electron chi connectivity index (χ1n) is 11.7. The third-order valence-corrected chi connectivity index (χ3v) is 5.63. The summed E-state index contributed by atoms with van der Waals surface area (Å²) >= 11 is 0. The predicted octanol–water partition coefficient (Wildman–Crippen LogP) is 6.46. The molecule has 6 heteroatoms. The average molecular weight is 497 g/mol. The maximum absolute atomic E-state index is 13.2. The number of rotatable bonds is 11. The van der Waals surface area contributed by atoms with Gasteiger partial charge in [0.1, 0.15) is 24.7 Å². The van der Waals surface area contributed by atoms with E-state index < -0.39 is 0 Å². The molecule has 0 amide bonds. The Morgan fingerprint density at radius 2 is 1.30 bits per heavy atom. The number of phenols is 1. The summed E-state index contributed by atoms with van der Waals surface area (Å²) in [4.78, 5) is 13.2. The van der Waals surface area contributed by atoms with Crippen molar-refractivity contribution in [3.8, 4) is 28.7 Å². The van der Waals surface area contributed by atoms with Crippen molar-refractivity contribution in [2.24, 2.45) is 0 Å². The Kier molecular flexibility index (Phi) is 8.45. The Balaban J connectivity index is 1.57. The molecule has 37 heavy (non-hydrogen) atoms. The van der Waals surface area contributed by atoms with Gasteiger partial charge in [-0.3, -0.25) is 4.79 Å². The van der Waals surface area contributed by atoms with Crippen molar-refractivity contribution in [2.75, 3.05) is 14.2 Å². The second-order valence-corrected chi connectivity index (χ2v) is 8.18. The number of carbonyl (C=O) groups excluding carboxylic acids is 1. The van der Waals surface area contributed by atoms with Crippen LogP contribution in [0.15, 0.2) is 97.1 Å². The van der Waals surface area contributed by atoms with Crippen molar-refractivity contribution in [1.82, 2.24) is 0 Å². The predicted molar refractivity (Wildman–Crippen MR) is 143 cm³/mol. The van der Waals surface area contributed by atoms with E-state index in [9.17, 15) is 9.90 Å². The lowest BCUT2D eigenvalue weighted by Crippen LogP contribution is -2.04. The number of phenolic OH excluding ortho intramolecular Hbond substituents is 1. The third-order valence-electron chi connectivity index (χ3n) is 5.63. The van der Waals surface area contributed by atoms with Crippen LogP contribution >= 0.6 is 0 Å². The maximum Gasteiger partial charge on any atom is 0.200 e. The minimum Gasteiger partial charge on any atom is -0.502 e. The van der Waals surface area contributed by atoms with E-state index in [1.165, 1.54) is 20.3 Å². The van der Waals surface area contributed by atoms with Crippen molar-refractivity contribution < 1.29 is 28.8 Å². The first-order chi connectivity index (χ1) is 18.1. The van der Waals surface area contributed by atoms with Gasteiger partial charge in [0.2, 0.25) is 5.75 Å². The van der Waals surface area contributed by atoms with Crippen LogP contribution in [0.3, 0.4) is 0 Å². The lowest BCUT2D eigenvalue weighted by molar-refractivity contribution is 0.104. The van der Waals surface area contributed by atoms with E-state index >= 15 is 0 Å². The van der Waals surface area contributed by atoms with Gasteiger partial charge in [-0.2, -0.15) is 0 Å². The fraction of sp³-hybridized carbons (Fsp3) is 0.129. The van der Waals surface area contributed by atoms with Gasteiger partial charge in [0.05, 0.1) is 19.8 Å². The third kappa shape index (κ3) is 6.70. The largest absolute Gasteiger partial charge is 0.502 e. The topological polar surface area (TPSA) is 74.2 Å². The van der Waals surface area contributed by atoms with E-state index in [4.69, 9.17) is 18.9 Å². The van der Waals surface area contributed by atoms with Crippen LogP contribution in [0.1, 0.15) is 27.0 Å². The van der Waals surface area contributed by atoms with Crippen LogP contribution in [0.25, 0.3) is 6.08 Å². The molecule has 0 bridgehead atoms. The van der Waals surface area contributed by atoms with Crippen molar-refractivity contribution in [1.29, 1.82) is 0 Å². The summed E-state index contributed by atoms with van der Waals surface area (Å²) in [5.74, 6) is 1.17. The van der Waals surface area contributed by atoms with E-state index in [1.807, 2.05) is 60.7 Å². The van der Waals surface area contributed by atoms with Gasteiger partial charge < -0.3 is 24.1 Å². The van der Waals surface area contributed by atoms with Crippen LogP contribution in [-0.4, -0.2) is 25.1 Å². The molecule has 0 fully saturated rings. The highest BCUT2D eigenvalue weighted by Gasteiger charge is 2.14. The normalized spacial score (nSPS) is 10.8. The standard InChI is InChI=1S/C31H28O6/c1-34-29-17-24(18-30(35-2)31(29)33)13-16-27(32)26-15-14-25(36-20-22-9-5-3-6-10-22)19-28(26)37-21-23-11-7-4-8-12-23/h3-19,33H,20-21H2,1-2H3/b16-13+. The van der Waals surface area contributed by atoms with E-state index in [2.05, 4.69) is 0 Å². The monoisotopic (exact) mass is 496 g/mol. The fourth-order valence-corrected chi connectivity index (χ4v) is 3.66. The van der Waals surface area contributed by atoms with Gasteiger partial charge in [-0.05, 0) is 47.0 Å². The quantitative estimate of drug-likeness (QED) is 0.190. The number of ether oxygens (including phenoxy) is 4. The molecule has 0 radical (unpaired) electrons. The van der Waals surface area contributed by atoms with Crippen LogP contribution in [0.2, 0.25) is 0 Å². The number of allylic oxidation sites excluding steroid dienone is 1. The SMILES string of the molecule is COc1cc(/C=C/C(=O)c2ccc(OCc3ccccc3)cc2OCc2ccccc2)cc(OC)c1O. The van der Waals surface area contributed by atoms with Gasteiger partial charge in [-0.1, -0.05) is 66.7 Å². The van der Waals surface area contributed by atoms with Crippen LogP contribution in [0.4, 0.5) is 0 Å². The lowest BCUT2D eigenvalue weighted by atomic mass is 10.1. The molecule has 0 aromatic heterocycles. The van der Waals surface area contributed by atoms with Crippen LogP contribution in [0, 0.1) is 0 Å². The molecule has 0 aliphatic rings. The van der Waals surface area contributed by atoms with Crippen molar-refractivity contribution >= 4 is 11.9 Å². The smallest absolute Gasteiger partial charge is 0.200 e. The van der Waals surface area contributed by atoms with Gasteiger partial charge in [0.15, 0.2) is 17.3 Å². The molecule has 0 aliphatic heterocycles. The first kappa shape index (κ1) is 25.4. The fourth-order valence-electron chi connectivity index (χ4n) is 3.66. The Bertz CT molecular complexity index is 1340. The zero-order valence-corrected chi connectivity index (χ0v) is 20.7. The summed E-state index contributed by atoms with van der Waals surface area (Å²) < 4.78 is 22.4. The average Bonchev–Trinajstić information content (AvgIpc) is 2.95. The van der Waals surface area contributed by atoms with Crippen LogP contribution in [-0.2, 0) is 13.2 Å². The Morgan fingerprint density at radius 1 is 0.730 bits per heavy atom. The summed E-state index contributed by atoms with van der Waals surface area (Å²) in [6.45, 7) is 0.704. The first-order valence-corrected chi connectivity index (χ1v) is 11.7. The lowest BCUT2D eigenvalue weighted by Gasteiger charge is -2.13. The molecule has 4 aromatic rings. The summed E-state index contributed by atoms with van der Waals surface area (Å²) in [7, 11) is 2.90. The van der Waals surface area contributed by atoms with E-state index in [-0.39, 0.29) is 23.0 Å². The van der Waals surface area contributed by atoms with Gasteiger partial charge in [0.25, 0.3) is 0 Å². The van der Waals surface area contributed by atoms with E-state index in [0.29, 0.717) is 35.8 Å². The molecule has 4 aromatic carbocycles. The number of aromatic hydroxyl groups is 1. The Morgan fingerprint density at radius 3 is 1.86 bits per heavy atom. The second-order valence-electron chi connectivity index (χ2n) is 8.18. The summed E-state index contributed by atoms with van der Waals surface area (Å²) in [5, 5.41) is 10.1. The molecular weight excluding hydrogens is 468 g/mol. The highest BCUT2D eigenvalue weighted by atomic mass is 16.5. The van der Waals surface area contributed by atoms with Crippen molar-refractivity contribution in [2.45, 2.75) is 13.2 Å². The maximum atomic E-state index is 13.2. The minimum atomic E-state index is -0.247. The zero-order valence-electron chi connectivity index (χ0n) is 20.7. The molecule has 0 spiro atoms. The summed E-state index contributed by atoms with van der Waals surface area (Å²) in [6, 6.07) is 28.0. The molecule has 0 saturated heterocycles. The van der Waals surface area contributed by atoms with Crippen LogP contribution < -0.4 is 18.9 Å². The minimum absolute atomic E-state index is 0.101. The highest BCUT2D eigenvalue weighted by molar-refractivity contribution is 6.08. The Labute approximate surface area is 216 Å². The van der Waals surface area contributed by atoms with Gasteiger partial charge in [0, 0.05) is 6.07 Å². The van der Waals surface area contributed by atoms with Gasteiger partial charge >= 0.3 is 0 Å². The second kappa shape index (κ2) is 12.3.